The summed E-state index contributed by atoms with van der Waals surface area (Å²) in [7, 11) is -3.79. The molecule has 0 aliphatic carbocycles. The highest BCUT2D eigenvalue weighted by atomic mass is 32.2. The summed E-state index contributed by atoms with van der Waals surface area (Å²) in [4.78, 5) is 6.73. The molecule has 0 fully saturated rings. The molecule has 0 saturated carbocycles. The minimum Gasteiger partial charge on any atom is -0.349 e. The van der Waals surface area contributed by atoms with Gasteiger partial charge >= 0.3 is 0 Å². The van der Waals surface area contributed by atoms with E-state index in [9.17, 15) is 12.8 Å². The van der Waals surface area contributed by atoms with Crippen molar-refractivity contribution in [2.24, 2.45) is 5.73 Å². The Labute approximate surface area is 116 Å². The maximum atomic E-state index is 13.5. The van der Waals surface area contributed by atoms with Gasteiger partial charge in [0.15, 0.2) is 0 Å². The molecule has 0 spiro atoms. The Kier molecular flexibility index (Phi) is 4.48. The largest absolute Gasteiger partial charge is 0.349 e. The Bertz CT molecular complexity index is 671. The number of imidazole rings is 1. The minimum atomic E-state index is -3.79. The molecule has 1 heterocycles. The lowest BCUT2D eigenvalue weighted by Crippen LogP contribution is -2.27. The standard InChI is InChI=1S/C12H15FN4O2S/c13-10-2-1-3-11(9(10)8-14)20(18,19)17-5-4-12-15-6-7-16-12/h1-3,6-7,17H,4-5,8,14H2,(H,15,16). The van der Waals surface area contributed by atoms with Gasteiger partial charge in [-0.3, -0.25) is 0 Å². The molecule has 0 radical (unpaired) electrons. The van der Waals surface area contributed by atoms with E-state index in [2.05, 4.69) is 14.7 Å². The summed E-state index contributed by atoms with van der Waals surface area (Å²) >= 11 is 0. The number of nitrogens with zero attached hydrogens (tertiary/aromatic N) is 1. The predicted molar refractivity (Wildman–Crippen MR) is 71.8 cm³/mol. The minimum absolute atomic E-state index is 0.0157. The fourth-order valence-electron chi connectivity index (χ4n) is 1.80. The van der Waals surface area contributed by atoms with Crippen LogP contribution in [0.3, 0.4) is 0 Å². The SMILES string of the molecule is NCc1c(F)cccc1S(=O)(=O)NCCc1ncc[nH]1. The van der Waals surface area contributed by atoms with Crippen molar-refractivity contribution in [3.05, 3.63) is 47.8 Å². The van der Waals surface area contributed by atoms with Gasteiger partial charge in [-0.05, 0) is 12.1 Å². The smallest absolute Gasteiger partial charge is 0.241 e. The number of nitrogens with two attached hydrogens (primary N) is 1. The number of benzene rings is 1. The van der Waals surface area contributed by atoms with Gasteiger partial charge in [0.25, 0.3) is 0 Å². The second-order valence-electron chi connectivity index (χ2n) is 4.10. The van der Waals surface area contributed by atoms with Crippen molar-refractivity contribution >= 4 is 10.0 Å². The Morgan fingerprint density at radius 1 is 1.40 bits per heavy atom. The van der Waals surface area contributed by atoms with Gasteiger partial charge < -0.3 is 10.7 Å². The summed E-state index contributed by atoms with van der Waals surface area (Å²) in [5.74, 6) is 0.0485. The highest BCUT2D eigenvalue weighted by molar-refractivity contribution is 7.89. The van der Waals surface area contributed by atoms with Crippen LogP contribution in [0.2, 0.25) is 0 Å². The first kappa shape index (κ1) is 14.6. The van der Waals surface area contributed by atoms with Crippen molar-refractivity contribution in [2.45, 2.75) is 17.9 Å². The van der Waals surface area contributed by atoms with Crippen LogP contribution in [0, 0.1) is 5.82 Å². The zero-order valence-corrected chi connectivity index (χ0v) is 11.5. The van der Waals surface area contributed by atoms with Crippen LogP contribution in [0.25, 0.3) is 0 Å². The van der Waals surface area contributed by atoms with Crippen molar-refractivity contribution in [3.63, 3.8) is 0 Å². The quantitative estimate of drug-likeness (QED) is 0.724. The summed E-state index contributed by atoms with van der Waals surface area (Å²) < 4.78 is 40.2. The number of nitrogens with one attached hydrogen (secondary N) is 2. The Morgan fingerprint density at radius 2 is 2.20 bits per heavy atom. The number of hydrogen-bond acceptors (Lipinski definition) is 4. The second kappa shape index (κ2) is 6.12. The van der Waals surface area contributed by atoms with Crippen LogP contribution >= 0.6 is 0 Å². The number of hydrogen-bond donors (Lipinski definition) is 3. The summed E-state index contributed by atoms with van der Waals surface area (Å²) in [6, 6.07) is 3.86. The summed E-state index contributed by atoms with van der Waals surface area (Å²) in [6.07, 6.45) is 3.66. The van der Waals surface area contributed by atoms with Gasteiger partial charge in [-0.25, -0.2) is 22.5 Å². The molecule has 1 aromatic carbocycles. The molecule has 8 heteroatoms. The molecule has 0 saturated heterocycles. The number of rotatable bonds is 6. The summed E-state index contributed by atoms with van der Waals surface area (Å²) in [5.41, 5.74) is 5.39. The van der Waals surface area contributed by atoms with Crippen LogP contribution < -0.4 is 10.5 Å². The van der Waals surface area contributed by atoms with Crippen molar-refractivity contribution < 1.29 is 12.8 Å². The Balaban J connectivity index is 2.12. The van der Waals surface area contributed by atoms with Crippen LogP contribution in [0.5, 0.6) is 0 Å². The van der Waals surface area contributed by atoms with Crippen molar-refractivity contribution in [1.82, 2.24) is 14.7 Å². The normalized spacial score (nSPS) is 11.7. The van der Waals surface area contributed by atoms with Gasteiger partial charge in [-0.1, -0.05) is 6.07 Å². The highest BCUT2D eigenvalue weighted by Gasteiger charge is 2.19. The molecule has 0 aliphatic rings. The molecule has 0 amide bonds. The van der Waals surface area contributed by atoms with Gasteiger partial charge in [-0.2, -0.15) is 0 Å². The average molecular weight is 298 g/mol. The van der Waals surface area contributed by atoms with Crippen LogP contribution in [0.4, 0.5) is 4.39 Å². The topological polar surface area (TPSA) is 101 Å². The fraction of sp³-hybridized carbons (Fsp3) is 0.250. The zero-order chi connectivity index (χ0) is 14.6. The monoisotopic (exact) mass is 298 g/mol. The molecule has 0 bridgehead atoms. The maximum absolute atomic E-state index is 13.5. The summed E-state index contributed by atoms with van der Waals surface area (Å²) in [6.45, 7) is -0.0164. The molecule has 20 heavy (non-hydrogen) atoms. The zero-order valence-electron chi connectivity index (χ0n) is 10.6. The van der Waals surface area contributed by atoms with E-state index in [-0.39, 0.29) is 23.5 Å². The highest BCUT2D eigenvalue weighted by Crippen LogP contribution is 2.18. The Morgan fingerprint density at radius 3 is 2.85 bits per heavy atom. The number of H-pyrrole nitrogens is 1. The van der Waals surface area contributed by atoms with E-state index in [4.69, 9.17) is 5.73 Å². The average Bonchev–Trinajstić information content (AvgIpc) is 2.91. The summed E-state index contributed by atoms with van der Waals surface area (Å²) in [5, 5.41) is 0. The molecule has 1 aromatic heterocycles. The van der Waals surface area contributed by atoms with Gasteiger partial charge in [0.05, 0.1) is 4.90 Å². The van der Waals surface area contributed by atoms with Gasteiger partial charge in [0.2, 0.25) is 10.0 Å². The van der Waals surface area contributed by atoms with E-state index in [1.165, 1.54) is 18.2 Å². The lowest BCUT2D eigenvalue weighted by molar-refractivity contribution is 0.571. The molecule has 0 unspecified atom stereocenters. The number of sulfonamides is 1. The molecule has 0 aliphatic heterocycles. The van der Waals surface area contributed by atoms with Gasteiger partial charge in [0, 0.05) is 37.5 Å². The van der Waals surface area contributed by atoms with Crippen LogP contribution in [-0.4, -0.2) is 24.9 Å². The maximum Gasteiger partial charge on any atom is 0.241 e. The van der Waals surface area contributed by atoms with Crippen LogP contribution in [0.1, 0.15) is 11.4 Å². The van der Waals surface area contributed by atoms with Crippen molar-refractivity contribution in [2.75, 3.05) is 6.54 Å². The van der Waals surface area contributed by atoms with E-state index < -0.39 is 15.8 Å². The number of halogens is 1. The number of aromatic amines is 1. The lowest BCUT2D eigenvalue weighted by Gasteiger charge is -2.10. The molecule has 2 aromatic rings. The first-order valence-electron chi connectivity index (χ1n) is 6.00. The van der Waals surface area contributed by atoms with Gasteiger partial charge in [-0.15, -0.1) is 0 Å². The van der Waals surface area contributed by atoms with Crippen molar-refractivity contribution in [1.29, 1.82) is 0 Å². The third kappa shape index (κ3) is 3.21. The molecule has 6 nitrogen and oxygen atoms in total. The van der Waals surface area contributed by atoms with Crippen LogP contribution in [-0.2, 0) is 23.0 Å². The fourth-order valence-corrected chi connectivity index (χ4v) is 3.09. The molecule has 108 valence electrons. The molecule has 2 rings (SSSR count). The first-order valence-corrected chi connectivity index (χ1v) is 7.48. The van der Waals surface area contributed by atoms with E-state index in [0.29, 0.717) is 12.2 Å². The lowest BCUT2D eigenvalue weighted by atomic mass is 10.2. The molecule has 4 N–H and O–H groups in total. The van der Waals surface area contributed by atoms with Gasteiger partial charge in [0.1, 0.15) is 11.6 Å². The second-order valence-corrected chi connectivity index (χ2v) is 5.84. The predicted octanol–water partition coefficient (Wildman–Crippen LogP) is 0.528. The third-order valence-corrected chi connectivity index (χ3v) is 4.32. The molecular formula is C12H15FN4O2S. The Hall–Kier alpha value is -1.77. The van der Waals surface area contributed by atoms with Crippen molar-refractivity contribution in [3.8, 4) is 0 Å². The molecular weight excluding hydrogens is 283 g/mol. The van der Waals surface area contributed by atoms with E-state index in [0.717, 1.165) is 0 Å². The molecule has 0 atom stereocenters. The van der Waals surface area contributed by atoms with E-state index >= 15 is 0 Å². The van der Waals surface area contributed by atoms with Crippen LogP contribution in [0.15, 0.2) is 35.5 Å². The van der Waals surface area contributed by atoms with E-state index in [1.54, 1.807) is 12.4 Å². The first-order chi connectivity index (χ1) is 9.54. The number of aromatic nitrogens is 2. The van der Waals surface area contributed by atoms with E-state index in [1.807, 2.05) is 0 Å². The third-order valence-electron chi connectivity index (χ3n) is 2.78.